The number of amides is 1. The summed E-state index contributed by atoms with van der Waals surface area (Å²) in [5, 5.41) is 20.9. The molecule has 8 nitrogen and oxygen atoms in total. The number of phenolic OH excluding ortho intramolecular Hbond substituents is 2. The third kappa shape index (κ3) is 3.00. The lowest BCUT2D eigenvalue weighted by Crippen LogP contribution is -2.30. The highest BCUT2D eigenvalue weighted by molar-refractivity contribution is 6.46. The molecule has 2 atom stereocenters. The number of carbonyl (C=O) groups is 2. The Bertz CT molecular complexity index is 1590. The first kappa shape index (κ1) is 19.9. The zero-order valence-corrected chi connectivity index (χ0v) is 17.7. The first-order chi connectivity index (χ1) is 16.5. The number of hydrogen-bond acceptors (Lipinski definition) is 6. The van der Waals surface area contributed by atoms with Crippen molar-refractivity contribution >= 4 is 39.3 Å². The Labute approximate surface area is 193 Å². The monoisotopic (exact) mass is 450 g/mol. The van der Waals surface area contributed by atoms with Gasteiger partial charge in [-0.15, -0.1) is 0 Å². The maximum Gasteiger partial charge on any atom is 0.295 e. The number of phenols is 2. The number of pyridine rings is 1. The van der Waals surface area contributed by atoms with Crippen LogP contribution in [0.4, 0.5) is 5.69 Å². The molecule has 0 bridgehead atoms. The molecule has 1 amide bonds. The van der Waals surface area contributed by atoms with Crippen LogP contribution in [-0.2, 0) is 9.59 Å². The van der Waals surface area contributed by atoms with E-state index >= 15 is 0 Å². The Morgan fingerprint density at radius 1 is 0.912 bits per heavy atom. The van der Waals surface area contributed by atoms with Crippen LogP contribution in [0.2, 0.25) is 0 Å². The lowest BCUT2D eigenvalue weighted by atomic mass is 9.88. The van der Waals surface area contributed by atoms with Gasteiger partial charge in [0, 0.05) is 11.1 Å². The fourth-order valence-electron chi connectivity index (χ4n) is 4.65. The van der Waals surface area contributed by atoms with Crippen LogP contribution < -0.4 is 4.90 Å². The average Bonchev–Trinajstić information content (AvgIpc) is 3.42. The van der Waals surface area contributed by atoms with E-state index in [1.54, 1.807) is 54.9 Å². The molecule has 166 valence electrons. The molecule has 0 saturated carbocycles. The number of imidazole rings is 1. The highest BCUT2D eigenvalue weighted by Crippen LogP contribution is 2.45. The normalized spacial score (nSPS) is 18.3. The van der Waals surface area contributed by atoms with Crippen LogP contribution >= 0.6 is 0 Å². The Kier molecular flexibility index (Phi) is 4.35. The number of aromatic hydroxyl groups is 2. The molecule has 1 aliphatic rings. The van der Waals surface area contributed by atoms with Gasteiger partial charge in [0.2, 0.25) is 5.78 Å². The van der Waals surface area contributed by atoms with Gasteiger partial charge in [-0.05, 0) is 48.0 Å². The number of ketones is 1. The van der Waals surface area contributed by atoms with Crippen LogP contribution in [0.25, 0.3) is 21.9 Å². The quantitative estimate of drug-likeness (QED) is 0.358. The summed E-state index contributed by atoms with van der Waals surface area (Å²) >= 11 is 0. The molecule has 1 aliphatic heterocycles. The van der Waals surface area contributed by atoms with Gasteiger partial charge in [-0.3, -0.25) is 14.5 Å². The topological polar surface area (TPSA) is 119 Å². The molecule has 5 aromatic rings. The number of nitrogens with zero attached hydrogens (tertiary/aromatic N) is 3. The molecule has 2 unspecified atom stereocenters. The second-order valence-electron chi connectivity index (χ2n) is 8.24. The number of anilines is 1. The van der Waals surface area contributed by atoms with Gasteiger partial charge < -0.3 is 15.2 Å². The molecule has 6 rings (SSSR count). The van der Waals surface area contributed by atoms with Gasteiger partial charge in [-0.2, -0.15) is 0 Å². The standard InChI is InChI=1S/C26H18N4O4/c31-17-8-4-14(5-9-17)22-24(19-10-6-15-2-1-3-21(32)23(15)29-19)30(26(34)25(22)33)16-7-11-18-20(12-16)28-13-27-18/h1-13,22,24,31-32H,(H,27,28). The molecule has 1 fully saturated rings. The van der Waals surface area contributed by atoms with Crippen molar-refractivity contribution in [2.24, 2.45) is 0 Å². The molecule has 0 spiro atoms. The van der Waals surface area contributed by atoms with E-state index in [4.69, 9.17) is 0 Å². The van der Waals surface area contributed by atoms with Crippen molar-refractivity contribution in [2.45, 2.75) is 12.0 Å². The molecule has 3 heterocycles. The van der Waals surface area contributed by atoms with Crippen molar-refractivity contribution in [1.29, 1.82) is 0 Å². The van der Waals surface area contributed by atoms with E-state index in [1.165, 1.54) is 17.0 Å². The number of H-pyrrole nitrogens is 1. The largest absolute Gasteiger partial charge is 0.508 e. The summed E-state index contributed by atoms with van der Waals surface area (Å²) in [5.74, 6) is -1.99. The molecule has 8 heteroatoms. The highest BCUT2D eigenvalue weighted by atomic mass is 16.3. The van der Waals surface area contributed by atoms with Gasteiger partial charge >= 0.3 is 0 Å². The number of hydrogen-bond donors (Lipinski definition) is 3. The van der Waals surface area contributed by atoms with Crippen molar-refractivity contribution < 1.29 is 19.8 Å². The number of aromatic nitrogens is 3. The summed E-state index contributed by atoms with van der Waals surface area (Å²) in [6, 6.07) is 19.5. The summed E-state index contributed by atoms with van der Waals surface area (Å²) in [7, 11) is 0. The fraction of sp³-hybridized carbons (Fsp3) is 0.0769. The van der Waals surface area contributed by atoms with Gasteiger partial charge in [0.25, 0.3) is 5.91 Å². The Morgan fingerprint density at radius 3 is 2.56 bits per heavy atom. The van der Waals surface area contributed by atoms with Crippen molar-refractivity contribution in [1.82, 2.24) is 15.0 Å². The zero-order valence-electron chi connectivity index (χ0n) is 17.7. The Hall–Kier alpha value is -4.72. The van der Waals surface area contributed by atoms with Crippen LogP contribution in [0.1, 0.15) is 23.2 Å². The minimum Gasteiger partial charge on any atom is -0.508 e. The van der Waals surface area contributed by atoms with E-state index in [0.29, 0.717) is 22.5 Å². The van der Waals surface area contributed by atoms with Gasteiger partial charge in [0.15, 0.2) is 0 Å². The predicted octanol–water partition coefficient (Wildman–Crippen LogP) is 3.96. The molecular weight excluding hydrogens is 432 g/mol. The van der Waals surface area contributed by atoms with Gasteiger partial charge in [0.05, 0.1) is 35.0 Å². The summed E-state index contributed by atoms with van der Waals surface area (Å²) in [4.78, 5) is 40.1. The molecule has 3 N–H and O–H groups in total. The number of carbonyl (C=O) groups excluding carboxylic acids is 2. The number of aromatic amines is 1. The lowest BCUT2D eigenvalue weighted by Gasteiger charge is -2.27. The van der Waals surface area contributed by atoms with Gasteiger partial charge in [0.1, 0.15) is 17.0 Å². The number of benzene rings is 3. The van der Waals surface area contributed by atoms with Crippen molar-refractivity contribution in [3.63, 3.8) is 0 Å². The Morgan fingerprint density at radius 2 is 1.74 bits per heavy atom. The van der Waals surface area contributed by atoms with Crippen molar-refractivity contribution in [2.75, 3.05) is 4.90 Å². The smallest absolute Gasteiger partial charge is 0.295 e. The number of nitrogens with one attached hydrogen (secondary N) is 1. The number of Topliss-reactive ketones (excluding diaryl/α,β-unsaturated/α-hetero) is 1. The van der Waals surface area contributed by atoms with E-state index in [2.05, 4.69) is 15.0 Å². The summed E-state index contributed by atoms with van der Waals surface area (Å²) < 4.78 is 0. The second-order valence-corrected chi connectivity index (χ2v) is 8.24. The number of para-hydroxylation sites is 1. The van der Waals surface area contributed by atoms with Crippen LogP contribution in [0.15, 0.2) is 79.1 Å². The number of rotatable bonds is 3. The first-order valence-corrected chi connectivity index (χ1v) is 10.7. The summed E-state index contributed by atoms with van der Waals surface area (Å²) in [6.07, 6.45) is 1.57. The van der Waals surface area contributed by atoms with Gasteiger partial charge in [-0.1, -0.05) is 30.3 Å². The van der Waals surface area contributed by atoms with Crippen LogP contribution in [0.3, 0.4) is 0 Å². The minimum atomic E-state index is -0.846. The zero-order chi connectivity index (χ0) is 23.4. The predicted molar refractivity (Wildman–Crippen MR) is 126 cm³/mol. The van der Waals surface area contributed by atoms with Gasteiger partial charge in [-0.25, -0.2) is 9.97 Å². The van der Waals surface area contributed by atoms with Crippen LogP contribution in [0.5, 0.6) is 11.5 Å². The van der Waals surface area contributed by atoms with E-state index in [0.717, 1.165) is 16.4 Å². The van der Waals surface area contributed by atoms with Crippen molar-refractivity contribution in [3.8, 4) is 11.5 Å². The summed E-state index contributed by atoms with van der Waals surface area (Å²) in [5.41, 5.74) is 3.44. The van der Waals surface area contributed by atoms with E-state index in [-0.39, 0.29) is 11.5 Å². The maximum absolute atomic E-state index is 13.4. The SMILES string of the molecule is O=C1C(=O)N(c2ccc3nc[nH]c3c2)C(c2ccc3cccc(O)c3n2)C1c1ccc(O)cc1. The third-order valence-electron chi connectivity index (χ3n) is 6.26. The lowest BCUT2D eigenvalue weighted by molar-refractivity contribution is -0.134. The van der Waals surface area contributed by atoms with E-state index in [9.17, 15) is 19.8 Å². The molecule has 3 aromatic carbocycles. The molecule has 2 aromatic heterocycles. The molecule has 0 radical (unpaired) electrons. The highest BCUT2D eigenvalue weighted by Gasteiger charge is 2.50. The maximum atomic E-state index is 13.4. The van der Waals surface area contributed by atoms with Crippen LogP contribution in [0, 0.1) is 0 Å². The molecule has 1 saturated heterocycles. The molecule has 0 aliphatic carbocycles. The van der Waals surface area contributed by atoms with E-state index in [1.807, 2.05) is 12.1 Å². The summed E-state index contributed by atoms with van der Waals surface area (Å²) in [6.45, 7) is 0. The molecule has 34 heavy (non-hydrogen) atoms. The average molecular weight is 450 g/mol. The third-order valence-corrected chi connectivity index (χ3v) is 6.26. The number of fused-ring (bicyclic) bond motifs is 2. The molecular formula is C26H18N4O4. The second kappa shape index (κ2) is 7.41. The first-order valence-electron chi connectivity index (χ1n) is 10.7. The Balaban J connectivity index is 1.57. The van der Waals surface area contributed by atoms with Crippen molar-refractivity contribution in [3.05, 3.63) is 90.4 Å². The fourth-order valence-corrected chi connectivity index (χ4v) is 4.65. The minimum absolute atomic E-state index is 0.0154. The van der Waals surface area contributed by atoms with E-state index < -0.39 is 23.7 Å². The van der Waals surface area contributed by atoms with Crippen LogP contribution in [-0.4, -0.2) is 36.9 Å².